The molecule has 0 atom stereocenters. The number of benzene rings is 2. The number of hydrogen-bond donors (Lipinski definition) is 2. The summed E-state index contributed by atoms with van der Waals surface area (Å²) in [5, 5.41) is 19.7. The number of carbonyl (C=O) groups is 2. The van der Waals surface area contributed by atoms with E-state index in [1.54, 1.807) is 12.1 Å². The maximum Gasteiger partial charge on any atom is 0.328 e. The lowest BCUT2D eigenvalue weighted by Gasteiger charge is -2.11. The summed E-state index contributed by atoms with van der Waals surface area (Å²) in [6.07, 6.45) is 8.48. The summed E-state index contributed by atoms with van der Waals surface area (Å²) in [5.41, 5.74) is 5.23. The first-order chi connectivity index (χ1) is 15.7. The zero-order chi connectivity index (χ0) is 24.2. The molecule has 0 bridgehead atoms. The van der Waals surface area contributed by atoms with Crippen LogP contribution in [-0.4, -0.2) is 28.8 Å². The van der Waals surface area contributed by atoms with Gasteiger partial charge < -0.3 is 14.9 Å². The Hall–Kier alpha value is -3.60. The molecule has 0 aliphatic carbocycles. The summed E-state index contributed by atoms with van der Waals surface area (Å²) >= 11 is 0. The van der Waals surface area contributed by atoms with E-state index in [9.17, 15) is 14.7 Å². The highest BCUT2D eigenvalue weighted by Gasteiger charge is 2.09. The number of esters is 1. The lowest BCUT2D eigenvalue weighted by Crippen LogP contribution is -2.08. The first-order valence-corrected chi connectivity index (χ1v) is 11.0. The van der Waals surface area contributed by atoms with Crippen LogP contribution < -0.4 is 0 Å². The Balaban J connectivity index is 2.03. The van der Waals surface area contributed by atoms with Crippen molar-refractivity contribution in [2.45, 2.75) is 46.5 Å². The van der Waals surface area contributed by atoms with Crippen LogP contribution in [-0.2, 0) is 33.6 Å². The highest BCUT2D eigenvalue weighted by molar-refractivity contribution is 5.85. The summed E-state index contributed by atoms with van der Waals surface area (Å²) in [6, 6.07) is 13.4. The fraction of sp³-hybridized carbons (Fsp3) is 0.286. The van der Waals surface area contributed by atoms with Crippen LogP contribution in [0.2, 0.25) is 0 Å². The lowest BCUT2D eigenvalue weighted by molar-refractivity contribution is -0.142. The maximum atomic E-state index is 12.0. The predicted molar refractivity (Wildman–Crippen MR) is 131 cm³/mol. The molecule has 2 aromatic carbocycles. The minimum atomic E-state index is -1.03. The van der Waals surface area contributed by atoms with Crippen LogP contribution in [0.5, 0.6) is 5.75 Å². The van der Waals surface area contributed by atoms with Crippen LogP contribution >= 0.6 is 0 Å². The number of aryl methyl sites for hydroxylation is 1. The van der Waals surface area contributed by atoms with Crippen LogP contribution in [0.1, 0.15) is 49.4 Å². The van der Waals surface area contributed by atoms with Crippen molar-refractivity contribution in [1.29, 1.82) is 0 Å². The van der Waals surface area contributed by atoms with Gasteiger partial charge in [0.2, 0.25) is 0 Å². The minimum Gasteiger partial charge on any atom is -0.507 e. The van der Waals surface area contributed by atoms with E-state index in [0.717, 1.165) is 28.3 Å². The van der Waals surface area contributed by atoms with Gasteiger partial charge in [0.15, 0.2) is 0 Å². The topological polar surface area (TPSA) is 83.8 Å². The molecule has 33 heavy (non-hydrogen) atoms. The van der Waals surface area contributed by atoms with Crippen molar-refractivity contribution in [2.75, 3.05) is 6.61 Å². The molecule has 0 unspecified atom stereocenters. The number of phenolic OH excluding ortho intramolecular Hbond substituents is 1. The zero-order valence-corrected chi connectivity index (χ0v) is 19.5. The smallest absolute Gasteiger partial charge is 0.328 e. The number of aromatic hydroxyl groups is 1. The Kier molecular flexibility index (Phi) is 10.2. The van der Waals surface area contributed by atoms with Crippen LogP contribution in [0.15, 0.2) is 71.8 Å². The van der Waals surface area contributed by atoms with E-state index in [1.807, 2.05) is 63.3 Å². The molecule has 2 rings (SSSR count). The summed E-state index contributed by atoms with van der Waals surface area (Å²) in [6.45, 7) is 6.04. The highest BCUT2D eigenvalue weighted by atomic mass is 16.5. The normalized spacial score (nSPS) is 11.4. The number of hydrogen-bond acceptors (Lipinski definition) is 4. The minimum absolute atomic E-state index is 0.192. The summed E-state index contributed by atoms with van der Waals surface area (Å²) < 4.78 is 5.37. The van der Waals surface area contributed by atoms with Crippen molar-refractivity contribution in [3.8, 4) is 5.75 Å². The van der Waals surface area contributed by atoms with E-state index in [4.69, 9.17) is 9.84 Å². The summed E-state index contributed by atoms with van der Waals surface area (Å²) in [4.78, 5) is 22.9. The molecule has 0 amide bonds. The molecular weight excluding hydrogens is 416 g/mol. The molecule has 0 fully saturated rings. The van der Waals surface area contributed by atoms with Gasteiger partial charge in [-0.15, -0.1) is 0 Å². The van der Waals surface area contributed by atoms with Gasteiger partial charge in [0, 0.05) is 12.5 Å². The molecule has 5 heteroatoms. The van der Waals surface area contributed by atoms with E-state index in [-0.39, 0.29) is 18.3 Å². The lowest BCUT2D eigenvalue weighted by atomic mass is 9.98. The Morgan fingerprint density at radius 3 is 2.21 bits per heavy atom. The van der Waals surface area contributed by atoms with Crippen molar-refractivity contribution in [3.05, 3.63) is 94.1 Å². The molecule has 0 aliphatic heterocycles. The molecule has 0 saturated heterocycles. The molecule has 0 heterocycles. The molecule has 0 aromatic heterocycles. The summed E-state index contributed by atoms with van der Waals surface area (Å²) in [5.74, 6) is -1.08. The summed E-state index contributed by atoms with van der Waals surface area (Å²) in [7, 11) is 0. The molecule has 2 aromatic rings. The number of phenols is 1. The molecule has 2 N–H and O–H groups in total. The Morgan fingerprint density at radius 1 is 0.970 bits per heavy atom. The SMILES string of the molecule is CC(C)=CCc1cc(/C=C/C(=O)O)cc(C/C=C(\C)COC(=O)CCc2ccccc2)c1O. The predicted octanol–water partition coefficient (Wildman–Crippen LogP) is 5.66. The fourth-order valence-electron chi connectivity index (χ4n) is 3.18. The highest BCUT2D eigenvalue weighted by Crippen LogP contribution is 2.27. The third-order valence-electron chi connectivity index (χ3n) is 5.03. The van der Waals surface area contributed by atoms with Crippen molar-refractivity contribution >= 4 is 18.0 Å². The monoisotopic (exact) mass is 448 g/mol. The maximum absolute atomic E-state index is 12.0. The van der Waals surface area contributed by atoms with Gasteiger partial charge in [-0.1, -0.05) is 48.1 Å². The molecule has 5 nitrogen and oxygen atoms in total. The second kappa shape index (κ2) is 13.1. The Bertz CT molecular complexity index is 1040. The van der Waals surface area contributed by atoms with Crippen LogP contribution in [0.4, 0.5) is 0 Å². The number of allylic oxidation sites excluding steroid dienone is 3. The molecule has 0 saturated carbocycles. The van der Waals surface area contributed by atoms with Gasteiger partial charge in [-0.05, 0) is 86.1 Å². The van der Waals surface area contributed by atoms with Gasteiger partial charge in [-0.25, -0.2) is 4.79 Å². The van der Waals surface area contributed by atoms with Gasteiger partial charge >= 0.3 is 11.9 Å². The van der Waals surface area contributed by atoms with Gasteiger partial charge in [-0.3, -0.25) is 4.79 Å². The number of rotatable bonds is 11. The average Bonchev–Trinajstić information content (AvgIpc) is 2.79. The number of ether oxygens (including phenoxy) is 1. The number of carboxylic acids is 1. The van der Waals surface area contributed by atoms with Crippen molar-refractivity contribution in [3.63, 3.8) is 0 Å². The Morgan fingerprint density at radius 2 is 1.61 bits per heavy atom. The molecule has 0 radical (unpaired) electrons. The van der Waals surface area contributed by atoms with E-state index in [2.05, 4.69) is 0 Å². The van der Waals surface area contributed by atoms with Crippen LogP contribution in [0.3, 0.4) is 0 Å². The zero-order valence-electron chi connectivity index (χ0n) is 19.5. The quantitative estimate of drug-likeness (QED) is 0.263. The molecular formula is C28H32O5. The third-order valence-corrected chi connectivity index (χ3v) is 5.03. The second-order valence-corrected chi connectivity index (χ2v) is 8.25. The van der Waals surface area contributed by atoms with Crippen molar-refractivity contribution < 1.29 is 24.5 Å². The van der Waals surface area contributed by atoms with E-state index in [0.29, 0.717) is 36.8 Å². The largest absolute Gasteiger partial charge is 0.507 e. The Labute approximate surface area is 195 Å². The van der Waals surface area contributed by atoms with Crippen molar-refractivity contribution in [1.82, 2.24) is 0 Å². The van der Waals surface area contributed by atoms with Gasteiger partial charge in [-0.2, -0.15) is 0 Å². The van der Waals surface area contributed by atoms with E-state index in [1.165, 1.54) is 6.08 Å². The number of carbonyl (C=O) groups excluding carboxylic acids is 1. The third kappa shape index (κ3) is 9.60. The first kappa shape index (κ1) is 25.7. The molecule has 0 aliphatic rings. The second-order valence-electron chi connectivity index (χ2n) is 8.25. The standard InChI is InChI=1S/C28H32O5/c1-20(2)9-13-24-17-23(11-15-26(29)30)18-25(28(24)32)14-10-21(3)19-33-27(31)16-12-22-7-5-4-6-8-22/h4-11,15,17-18,32H,12-14,16,19H2,1-3H3,(H,29,30)/b15-11+,21-10+. The van der Waals surface area contributed by atoms with Crippen LogP contribution in [0.25, 0.3) is 6.08 Å². The van der Waals surface area contributed by atoms with E-state index >= 15 is 0 Å². The molecule has 0 spiro atoms. The fourth-order valence-corrected chi connectivity index (χ4v) is 3.18. The molecule has 174 valence electrons. The average molecular weight is 449 g/mol. The number of aliphatic carboxylic acids is 1. The van der Waals surface area contributed by atoms with Crippen LogP contribution in [0, 0.1) is 0 Å². The van der Waals surface area contributed by atoms with E-state index < -0.39 is 5.97 Å². The van der Waals surface area contributed by atoms with Crippen molar-refractivity contribution in [2.24, 2.45) is 0 Å². The van der Waals surface area contributed by atoms with Gasteiger partial charge in [0.1, 0.15) is 12.4 Å². The van der Waals surface area contributed by atoms with Gasteiger partial charge in [0.25, 0.3) is 0 Å². The number of carboxylic acid groups (broad SMARTS) is 1. The first-order valence-electron chi connectivity index (χ1n) is 11.0. The van der Waals surface area contributed by atoms with Gasteiger partial charge in [0.05, 0.1) is 0 Å².